The fraction of sp³-hybridized carbons (Fsp3) is 0.312. The Hall–Kier alpha value is -2.07. The van der Waals surface area contributed by atoms with E-state index in [9.17, 15) is 4.79 Å². The Bertz CT molecular complexity index is 660. The summed E-state index contributed by atoms with van der Waals surface area (Å²) < 4.78 is 17.2. The molecule has 1 aromatic heterocycles. The van der Waals surface area contributed by atoms with E-state index >= 15 is 0 Å². The summed E-state index contributed by atoms with van der Waals surface area (Å²) in [4.78, 5) is 12.1. The van der Waals surface area contributed by atoms with Gasteiger partial charge in [-0.2, -0.15) is 0 Å². The number of aryl methyl sites for hydroxylation is 1. The molecule has 0 N–H and O–H groups in total. The summed E-state index contributed by atoms with van der Waals surface area (Å²) in [5.41, 5.74) is 0.725. The van der Waals surface area contributed by atoms with Crippen LogP contribution < -0.4 is 10.2 Å². The fourth-order valence-electron chi connectivity index (χ4n) is 2.33. The molecule has 3 rings (SSSR count). The highest BCUT2D eigenvalue weighted by atomic mass is 16.7. The van der Waals surface area contributed by atoms with E-state index in [1.54, 1.807) is 6.92 Å². The molecule has 0 radical (unpaired) electrons. The van der Waals surface area contributed by atoms with Gasteiger partial charge in [0.2, 0.25) is 17.5 Å². The quantitative estimate of drug-likeness (QED) is 0.839. The van der Waals surface area contributed by atoms with Gasteiger partial charge in [0.25, 0.3) is 0 Å². The SMILES string of the molecule is CC[C@@H]1O[C@H](c2ccccc2)Oc2c1oc(C)cc2=O. The molecule has 4 heteroatoms. The zero-order valence-electron chi connectivity index (χ0n) is 11.5. The molecule has 4 nitrogen and oxygen atoms in total. The summed E-state index contributed by atoms with van der Waals surface area (Å²) >= 11 is 0. The third-order valence-corrected chi connectivity index (χ3v) is 3.30. The first kappa shape index (κ1) is 12.9. The molecular formula is C16H16O4. The third kappa shape index (κ3) is 2.23. The highest BCUT2D eigenvalue weighted by molar-refractivity contribution is 5.31. The molecule has 104 valence electrons. The second-order valence-corrected chi connectivity index (χ2v) is 4.81. The zero-order valence-corrected chi connectivity index (χ0v) is 11.5. The van der Waals surface area contributed by atoms with Crippen LogP contribution in [0.3, 0.4) is 0 Å². The van der Waals surface area contributed by atoms with Gasteiger partial charge in [0.05, 0.1) is 0 Å². The van der Waals surface area contributed by atoms with Crippen molar-refractivity contribution < 1.29 is 13.9 Å². The lowest BCUT2D eigenvalue weighted by Crippen LogP contribution is -2.26. The van der Waals surface area contributed by atoms with E-state index in [4.69, 9.17) is 13.9 Å². The highest BCUT2D eigenvalue weighted by Crippen LogP contribution is 2.39. The second-order valence-electron chi connectivity index (χ2n) is 4.81. The summed E-state index contributed by atoms with van der Waals surface area (Å²) in [5.74, 6) is 1.32. The van der Waals surface area contributed by atoms with Crippen molar-refractivity contribution in [3.8, 4) is 5.75 Å². The maximum absolute atomic E-state index is 12.1. The van der Waals surface area contributed by atoms with Crippen LogP contribution in [0.4, 0.5) is 0 Å². The number of benzene rings is 1. The van der Waals surface area contributed by atoms with Crippen LogP contribution in [-0.4, -0.2) is 0 Å². The topological polar surface area (TPSA) is 48.7 Å². The predicted molar refractivity (Wildman–Crippen MR) is 73.6 cm³/mol. The van der Waals surface area contributed by atoms with Gasteiger partial charge in [-0.05, 0) is 13.3 Å². The first-order valence-corrected chi connectivity index (χ1v) is 6.70. The molecule has 0 saturated heterocycles. The average Bonchev–Trinajstić information content (AvgIpc) is 2.47. The normalized spacial score (nSPS) is 21.1. The van der Waals surface area contributed by atoms with E-state index in [0.29, 0.717) is 17.9 Å². The molecule has 1 aliphatic rings. The molecule has 0 saturated carbocycles. The molecule has 0 unspecified atom stereocenters. The molecule has 20 heavy (non-hydrogen) atoms. The average molecular weight is 272 g/mol. The van der Waals surface area contributed by atoms with Crippen molar-refractivity contribution >= 4 is 0 Å². The van der Waals surface area contributed by atoms with Gasteiger partial charge in [-0.25, -0.2) is 0 Å². The van der Waals surface area contributed by atoms with Crippen molar-refractivity contribution in [1.29, 1.82) is 0 Å². The number of hydrogen-bond donors (Lipinski definition) is 0. The summed E-state index contributed by atoms with van der Waals surface area (Å²) in [7, 11) is 0. The van der Waals surface area contributed by atoms with Gasteiger partial charge in [-0.3, -0.25) is 4.79 Å². The molecule has 0 fully saturated rings. The Morgan fingerprint density at radius 1 is 1.20 bits per heavy atom. The zero-order chi connectivity index (χ0) is 14.1. The monoisotopic (exact) mass is 272 g/mol. The van der Waals surface area contributed by atoms with E-state index in [-0.39, 0.29) is 17.3 Å². The van der Waals surface area contributed by atoms with Crippen LogP contribution in [0.1, 0.15) is 42.8 Å². The molecule has 0 aliphatic carbocycles. The summed E-state index contributed by atoms with van der Waals surface area (Å²) in [5, 5.41) is 0. The lowest BCUT2D eigenvalue weighted by atomic mass is 10.1. The van der Waals surface area contributed by atoms with Crippen LogP contribution in [0, 0.1) is 6.92 Å². The van der Waals surface area contributed by atoms with Crippen LogP contribution in [-0.2, 0) is 4.74 Å². The number of rotatable bonds is 2. The van der Waals surface area contributed by atoms with Gasteiger partial charge in [0, 0.05) is 11.6 Å². The minimum atomic E-state index is -0.570. The van der Waals surface area contributed by atoms with Crippen molar-refractivity contribution in [3.05, 3.63) is 63.7 Å². The summed E-state index contributed by atoms with van der Waals surface area (Å²) in [6, 6.07) is 11.0. The van der Waals surface area contributed by atoms with Crippen LogP contribution in [0.25, 0.3) is 0 Å². The largest absolute Gasteiger partial charge is 0.459 e. The maximum Gasteiger partial charge on any atom is 0.227 e. The number of fused-ring (bicyclic) bond motifs is 1. The molecule has 2 atom stereocenters. The van der Waals surface area contributed by atoms with Crippen molar-refractivity contribution in [1.82, 2.24) is 0 Å². The second kappa shape index (κ2) is 5.13. The standard InChI is InChI=1S/C16H16O4/c1-3-13-15-14(12(17)9-10(2)18-15)20-16(19-13)11-7-5-4-6-8-11/h4-9,13,16H,3H2,1-2H3/t13-,16-/m0/s1. The Morgan fingerprint density at radius 2 is 1.95 bits per heavy atom. The van der Waals surface area contributed by atoms with E-state index in [1.165, 1.54) is 6.07 Å². The number of ether oxygens (including phenoxy) is 2. The highest BCUT2D eigenvalue weighted by Gasteiger charge is 2.33. The Balaban J connectivity index is 2.04. The smallest absolute Gasteiger partial charge is 0.227 e. The van der Waals surface area contributed by atoms with Crippen molar-refractivity contribution in [2.24, 2.45) is 0 Å². The van der Waals surface area contributed by atoms with Gasteiger partial charge < -0.3 is 13.9 Å². The third-order valence-electron chi connectivity index (χ3n) is 3.30. The first-order chi connectivity index (χ1) is 9.69. The summed E-state index contributed by atoms with van der Waals surface area (Å²) in [6.45, 7) is 3.74. The van der Waals surface area contributed by atoms with Gasteiger partial charge in [-0.15, -0.1) is 0 Å². The van der Waals surface area contributed by atoms with Gasteiger partial charge >= 0.3 is 0 Å². The van der Waals surface area contributed by atoms with E-state index in [1.807, 2.05) is 37.3 Å². The molecule has 2 heterocycles. The van der Waals surface area contributed by atoms with Crippen LogP contribution in [0.2, 0.25) is 0 Å². The van der Waals surface area contributed by atoms with Crippen LogP contribution >= 0.6 is 0 Å². The van der Waals surface area contributed by atoms with E-state index in [0.717, 1.165) is 5.56 Å². The Morgan fingerprint density at radius 3 is 2.65 bits per heavy atom. The van der Waals surface area contributed by atoms with Crippen LogP contribution in [0.5, 0.6) is 5.75 Å². The van der Waals surface area contributed by atoms with Gasteiger partial charge in [0.1, 0.15) is 11.9 Å². The molecule has 0 bridgehead atoms. The lowest BCUT2D eigenvalue weighted by Gasteiger charge is -2.30. The molecule has 0 amide bonds. The van der Waals surface area contributed by atoms with Crippen molar-refractivity contribution in [2.75, 3.05) is 0 Å². The molecule has 1 aromatic carbocycles. The summed E-state index contributed by atoms with van der Waals surface area (Å²) in [6.07, 6.45) is -0.123. The lowest BCUT2D eigenvalue weighted by molar-refractivity contribution is -0.155. The Labute approximate surface area is 117 Å². The van der Waals surface area contributed by atoms with Crippen molar-refractivity contribution in [3.63, 3.8) is 0 Å². The maximum atomic E-state index is 12.1. The fourth-order valence-corrected chi connectivity index (χ4v) is 2.33. The Kier molecular flexibility index (Phi) is 3.32. The molecule has 0 spiro atoms. The van der Waals surface area contributed by atoms with Crippen LogP contribution in [0.15, 0.2) is 45.6 Å². The number of hydrogen-bond acceptors (Lipinski definition) is 4. The molecule has 2 aromatic rings. The molecule has 1 aliphatic heterocycles. The predicted octanol–water partition coefficient (Wildman–Crippen LogP) is 3.51. The first-order valence-electron chi connectivity index (χ1n) is 6.70. The van der Waals surface area contributed by atoms with E-state index in [2.05, 4.69) is 0 Å². The van der Waals surface area contributed by atoms with Gasteiger partial charge in [-0.1, -0.05) is 37.3 Å². The minimum Gasteiger partial charge on any atom is -0.459 e. The van der Waals surface area contributed by atoms with E-state index < -0.39 is 6.29 Å². The van der Waals surface area contributed by atoms with Gasteiger partial charge in [0.15, 0.2) is 5.76 Å². The molecular weight excluding hydrogens is 256 g/mol. The van der Waals surface area contributed by atoms with Crippen molar-refractivity contribution in [2.45, 2.75) is 32.7 Å². The minimum absolute atomic E-state index is 0.161.